The van der Waals surface area contributed by atoms with Gasteiger partial charge in [0.25, 0.3) is 0 Å². The fourth-order valence-corrected chi connectivity index (χ4v) is 1.43. The van der Waals surface area contributed by atoms with Gasteiger partial charge in [0.1, 0.15) is 12.4 Å². The minimum absolute atomic E-state index is 0.359. The summed E-state index contributed by atoms with van der Waals surface area (Å²) in [5.41, 5.74) is 5.44. The van der Waals surface area contributed by atoms with Crippen molar-refractivity contribution in [3.63, 3.8) is 0 Å². The van der Waals surface area contributed by atoms with Gasteiger partial charge in [-0.05, 0) is 12.1 Å². The molecule has 0 aliphatic heterocycles. The summed E-state index contributed by atoms with van der Waals surface area (Å²) in [6.45, 7) is 0.359. The molecule has 0 fully saturated rings. The summed E-state index contributed by atoms with van der Waals surface area (Å²) in [6.07, 6.45) is 0. The van der Waals surface area contributed by atoms with Gasteiger partial charge in [-0.2, -0.15) is 4.37 Å². The van der Waals surface area contributed by atoms with Gasteiger partial charge < -0.3 is 10.5 Å². The Morgan fingerprint density at radius 2 is 2.07 bits per heavy atom. The molecule has 1 heterocycles. The minimum Gasteiger partial charge on any atom is -0.486 e. The monoisotopic (exact) mass is 207 g/mol. The van der Waals surface area contributed by atoms with Gasteiger partial charge in [-0.25, -0.2) is 4.98 Å². The van der Waals surface area contributed by atoms with Crippen LogP contribution in [0.1, 0.15) is 5.82 Å². The van der Waals surface area contributed by atoms with Crippen molar-refractivity contribution >= 4 is 16.7 Å². The molecule has 2 N–H and O–H groups in total. The average Bonchev–Trinajstić information content (AvgIpc) is 2.63. The zero-order chi connectivity index (χ0) is 9.80. The smallest absolute Gasteiger partial charge is 0.200 e. The fraction of sp³-hybridized carbons (Fsp3) is 0.111. The van der Waals surface area contributed by atoms with Gasteiger partial charge in [0.2, 0.25) is 0 Å². The molecule has 0 spiro atoms. The highest BCUT2D eigenvalue weighted by Gasteiger charge is 2.01. The lowest BCUT2D eigenvalue weighted by molar-refractivity contribution is 0.297. The molecule has 0 unspecified atom stereocenters. The van der Waals surface area contributed by atoms with Crippen molar-refractivity contribution in [2.75, 3.05) is 5.73 Å². The molecule has 0 aliphatic rings. The van der Waals surface area contributed by atoms with E-state index in [9.17, 15) is 0 Å². The Labute approximate surface area is 85.5 Å². The molecule has 0 saturated carbocycles. The van der Waals surface area contributed by atoms with E-state index in [0.29, 0.717) is 17.6 Å². The normalized spacial score (nSPS) is 10.0. The molecule has 0 atom stereocenters. The van der Waals surface area contributed by atoms with E-state index in [1.54, 1.807) is 0 Å². The molecule has 2 aromatic rings. The third-order valence-electron chi connectivity index (χ3n) is 1.59. The van der Waals surface area contributed by atoms with Crippen LogP contribution < -0.4 is 10.5 Å². The van der Waals surface area contributed by atoms with E-state index >= 15 is 0 Å². The van der Waals surface area contributed by atoms with Gasteiger partial charge in [0, 0.05) is 11.5 Å². The maximum absolute atomic E-state index is 5.44. The van der Waals surface area contributed by atoms with E-state index in [4.69, 9.17) is 10.5 Å². The number of nitrogens with zero attached hydrogens (tertiary/aromatic N) is 2. The maximum Gasteiger partial charge on any atom is 0.200 e. The van der Waals surface area contributed by atoms with E-state index in [1.807, 2.05) is 30.3 Å². The van der Waals surface area contributed by atoms with Crippen LogP contribution in [0.2, 0.25) is 0 Å². The van der Waals surface area contributed by atoms with Crippen LogP contribution in [-0.4, -0.2) is 9.36 Å². The molecule has 1 aromatic carbocycles. The summed E-state index contributed by atoms with van der Waals surface area (Å²) in [4.78, 5) is 3.99. The molecule has 1 aromatic heterocycles. The number of nitrogens with two attached hydrogens (primary N) is 1. The quantitative estimate of drug-likeness (QED) is 0.832. The molecule has 0 amide bonds. The van der Waals surface area contributed by atoms with Crippen LogP contribution in [0.25, 0.3) is 0 Å². The topological polar surface area (TPSA) is 61.0 Å². The molecule has 72 valence electrons. The molecule has 4 nitrogen and oxygen atoms in total. The van der Waals surface area contributed by atoms with Gasteiger partial charge in [0.15, 0.2) is 11.0 Å². The largest absolute Gasteiger partial charge is 0.486 e. The molecule has 0 aliphatic carbocycles. The van der Waals surface area contributed by atoms with E-state index in [0.717, 1.165) is 5.75 Å². The minimum atomic E-state index is 0.359. The van der Waals surface area contributed by atoms with Crippen molar-refractivity contribution < 1.29 is 4.74 Å². The summed E-state index contributed by atoms with van der Waals surface area (Å²) in [5.74, 6) is 1.43. The molecule has 5 heteroatoms. The highest BCUT2D eigenvalue weighted by atomic mass is 32.1. The fourth-order valence-electron chi connectivity index (χ4n) is 0.991. The van der Waals surface area contributed by atoms with Crippen LogP contribution in [0.5, 0.6) is 5.75 Å². The number of benzene rings is 1. The van der Waals surface area contributed by atoms with Crippen molar-refractivity contribution in [1.82, 2.24) is 9.36 Å². The number of aromatic nitrogens is 2. The van der Waals surface area contributed by atoms with Crippen molar-refractivity contribution in [2.24, 2.45) is 0 Å². The number of anilines is 1. The third-order valence-corrected chi connectivity index (χ3v) is 2.18. The second-order valence-electron chi connectivity index (χ2n) is 2.65. The SMILES string of the molecule is Nc1nc(COc2ccccc2)ns1. The molecule has 0 bridgehead atoms. The zero-order valence-electron chi connectivity index (χ0n) is 7.38. The van der Waals surface area contributed by atoms with Gasteiger partial charge in [-0.1, -0.05) is 18.2 Å². The summed E-state index contributed by atoms with van der Waals surface area (Å²) < 4.78 is 9.44. The number of nitrogen functional groups attached to an aromatic ring is 1. The second kappa shape index (κ2) is 4.06. The van der Waals surface area contributed by atoms with Crippen LogP contribution in [0, 0.1) is 0 Å². The number of hydrogen-bond donors (Lipinski definition) is 1. The number of ether oxygens (including phenoxy) is 1. The first-order chi connectivity index (χ1) is 6.84. The van der Waals surface area contributed by atoms with E-state index in [1.165, 1.54) is 11.5 Å². The van der Waals surface area contributed by atoms with Gasteiger partial charge in [-0.15, -0.1) is 0 Å². The average molecular weight is 207 g/mol. The Morgan fingerprint density at radius 3 is 2.71 bits per heavy atom. The van der Waals surface area contributed by atoms with Crippen molar-refractivity contribution in [3.05, 3.63) is 36.2 Å². The van der Waals surface area contributed by atoms with Gasteiger partial charge in [-0.3, -0.25) is 0 Å². The van der Waals surface area contributed by atoms with Crippen LogP contribution in [0.4, 0.5) is 5.13 Å². The van der Waals surface area contributed by atoms with Crippen molar-refractivity contribution in [3.8, 4) is 5.75 Å². The Hall–Kier alpha value is -1.62. The lowest BCUT2D eigenvalue weighted by Crippen LogP contribution is -1.97. The van der Waals surface area contributed by atoms with Crippen LogP contribution in [0.3, 0.4) is 0 Å². The van der Waals surface area contributed by atoms with E-state index in [-0.39, 0.29) is 0 Å². The first-order valence-electron chi connectivity index (χ1n) is 4.10. The molecule has 2 rings (SSSR count). The Kier molecular flexibility index (Phi) is 2.60. The van der Waals surface area contributed by atoms with Crippen LogP contribution in [0.15, 0.2) is 30.3 Å². The molecular weight excluding hydrogens is 198 g/mol. The molecule has 0 radical (unpaired) electrons. The number of hydrogen-bond acceptors (Lipinski definition) is 5. The zero-order valence-corrected chi connectivity index (χ0v) is 8.20. The highest BCUT2D eigenvalue weighted by molar-refractivity contribution is 7.09. The first kappa shape index (κ1) is 8.96. The summed E-state index contributed by atoms with van der Waals surface area (Å²) in [7, 11) is 0. The molecular formula is C9H9N3OS. The summed E-state index contributed by atoms with van der Waals surface area (Å²) >= 11 is 1.18. The van der Waals surface area contributed by atoms with Gasteiger partial charge in [0.05, 0.1) is 0 Å². The van der Waals surface area contributed by atoms with Crippen molar-refractivity contribution in [2.45, 2.75) is 6.61 Å². The summed E-state index contributed by atoms with van der Waals surface area (Å²) in [6, 6.07) is 9.54. The number of para-hydroxylation sites is 1. The summed E-state index contributed by atoms with van der Waals surface area (Å²) in [5, 5.41) is 0.469. The third kappa shape index (κ3) is 2.20. The predicted octanol–water partition coefficient (Wildman–Crippen LogP) is 1.70. The Balaban J connectivity index is 1.95. The Bertz CT molecular complexity index is 401. The van der Waals surface area contributed by atoms with Gasteiger partial charge >= 0.3 is 0 Å². The lowest BCUT2D eigenvalue weighted by atomic mass is 10.3. The predicted molar refractivity (Wildman–Crippen MR) is 55.1 cm³/mol. The van der Waals surface area contributed by atoms with Crippen LogP contribution >= 0.6 is 11.5 Å². The second-order valence-corrected chi connectivity index (χ2v) is 3.43. The maximum atomic E-state index is 5.44. The standard InChI is InChI=1S/C9H9N3OS/c10-9-11-8(12-14-9)6-13-7-4-2-1-3-5-7/h1-5H,6H2,(H2,10,11,12). The molecule has 14 heavy (non-hydrogen) atoms. The molecule has 0 saturated heterocycles. The van der Waals surface area contributed by atoms with Crippen molar-refractivity contribution in [1.29, 1.82) is 0 Å². The number of rotatable bonds is 3. The lowest BCUT2D eigenvalue weighted by Gasteiger charge is -2.01. The highest BCUT2D eigenvalue weighted by Crippen LogP contribution is 2.11. The van der Waals surface area contributed by atoms with E-state index < -0.39 is 0 Å². The first-order valence-corrected chi connectivity index (χ1v) is 4.88. The Morgan fingerprint density at radius 1 is 1.29 bits per heavy atom. The van der Waals surface area contributed by atoms with Crippen LogP contribution in [-0.2, 0) is 6.61 Å². The van der Waals surface area contributed by atoms with E-state index in [2.05, 4.69) is 9.36 Å².